The van der Waals surface area contributed by atoms with Crippen LogP contribution in [0.5, 0.6) is 5.75 Å². The van der Waals surface area contributed by atoms with E-state index >= 15 is 0 Å². The Hall–Kier alpha value is -4.27. The topological polar surface area (TPSA) is 66.5 Å². The summed E-state index contributed by atoms with van der Waals surface area (Å²) in [7, 11) is 1.25. The van der Waals surface area contributed by atoms with E-state index in [2.05, 4.69) is 0 Å². The summed E-state index contributed by atoms with van der Waals surface area (Å²) in [6.07, 6.45) is -4.58. The van der Waals surface area contributed by atoms with Crippen LogP contribution in [0.1, 0.15) is 32.7 Å². The second-order valence-corrected chi connectivity index (χ2v) is 8.52. The number of rotatable bonds is 6. The molecule has 0 atom stereocenters. The van der Waals surface area contributed by atoms with Gasteiger partial charge in [-0.2, -0.15) is 13.2 Å². The average Bonchev–Trinajstić information content (AvgIpc) is 3.25. The number of nitrogens with two attached hydrogens (primary N) is 1. The van der Waals surface area contributed by atoms with Gasteiger partial charge in [-0.1, -0.05) is 12.1 Å². The monoisotopic (exact) mass is 512 g/mol. The van der Waals surface area contributed by atoms with Gasteiger partial charge in [0.15, 0.2) is 0 Å². The maximum atomic E-state index is 13.7. The average molecular weight is 513 g/mol. The third kappa shape index (κ3) is 5.30. The number of methoxy groups -OCH3 is 1. The molecule has 2 N–H and O–H groups in total. The molecule has 4 rings (SSSR count). The molecule has 0 saturated heterocycles. The van der Waals surface area contributed by atoms with Gasteiger partial charge in [-0.3, -0.25) is 0 Å². The van der Waals surface area contributed by atoms with Crippen LogP contribution in [0, 0.1) is 19.7 Å². The Morgan fingerprint density at radius 2 is 1.68 bits per heavy atom. The predicted molar refractivity (Wildman–Crippen MR) is 132 cm³/mol. The van der Waals surface area contributed by atoms with Crippen LogP contribution in [0.4, 0.5) is 23.2 Å². The van der Waals surface area contributed by atoms with Crippen molar-refractivity contribution < 1.29 is 31.8 Å². The number of carbonyl (C=O) groups is 1. The molecule has 0 radical (unpaired) electrons. The van der Waals surface area contributed by atoms with Gasteiger partial charge in [0.25, 0.3) is 0 Å². The first kappa shape index (κ1) is 25.8. The van der Waals surface area contributed by atoms with E-state index in [9.17, 15) is 22.4 Å². The maximum absolute atomic E-state index is 13.7. The zero-order valence-electron chi connectivity index (χ0n) is 20.3. The van der Waals surface area contributed by atoms with E-state index < -0.39 is 23.5 Å². The van der Waals surface area contributed by atoms with Gasteiger partial charge in [0.1, 0.15) is 18.2 Å². The summed E-state index contributed by atoms with van der Waals surface area (Å²) in [5.41, 5.74) is 8.82. The SMILES string of the molecule is COC(=O)c1cc(-n2c(C)ccc2-c2cc(C(F)(F)F)ccc2OCc2ccc(F)cc2)cc(N)c1C. The van der Waals surface area contributed by atoms with E-state index in [0.717, 1.165) is 12.1 Å². The van der Waals surface area contributed by atoms with Gasteiger partial charge in [0, 0.05) is 22.6 Å². The van der Waals surface area contributed by atoms with Gasteiger partial charge in [-0.05, 0) is 79.6 Å². The molecule has 0 bridgehead atoms. The van der Waals surface area contributed by atoms with Gasteiger partial charge < -0.3 is 19.8 Å². The summed E-state index contributed by atoms with van der Waals surface area (Å²) in [5.74, 6) is -0.791. The van der Waals surface area contributed by atoms with Crippen LogP contribution in [-0.4, -0.2) is 17.6 Å². The van der Waals surface area contributed by atoms with Crippen LogP contribution in [0.25, 0.3) is 16.9 Å². The Balaban J connectivity index is 1.86. The van der Waals surface area contributed by atoms with Crippen molar-refractivity contribution >= 4 is 11.7 Å². The quantitative estimate of drug-likeness (QED) is 0.174. The molecule has 3 aromatic carbocycles. The number of hydrogen-bond acceptors (Lipinski definition) is 4. The summed E-state index contributed by atoms with van der Waals surface area (Å²) < 4.78 is 66.7. The van der Waals surface area contributed by atoms with Gasteiger partial charge >= 0.3 is 12.1 Å². The van der Waals surface area contributed by atoms with Crippen molar-refractivity contribution in [3.05, 3.63) is 100 Å². The van der Waals surface area contributed by atoms with Crippen molar-refractivity contribution in [3.63, 3.8) is 0 Å². The molecule has 0 saturated carbocycles. The molecule has 1 aromatic heterocycles. The van der Waals surface area contributed by atoms with Crippen molar-refractivity contribution in [3.8, 4) is 22.7 Å². The lowest BCUT2D eigenvalue weighted by Gasteiger charge is -2.19. The van der Waals surface area contributed by atoms with Gasteiger partial charge in [0.2, 0.25) is 0 Å². The summed E-state index contributed by atoms with van der Waals surface area (Å²) in [6.45, 7) is 3.48. The number of ether oxygens (including phenoxy) is 2. The van der Waals surface area contributed by atoms with E-state index in [1.807, 2.05) is 0 Å². The highest BCUT2D eigenvalue weighted by Crippen LogP contribution is 2.39. The number of anilines is 1. The molecule has 0 aliphatic heterocycles. The fourth-order valence-electron chi connectivity index (χ4n) is 4.04. The number of aromatic nitrogens is 1. The number of aryl methyl sites for hydroxylation is 1. The van der Waals surface area contributed by atoms with Crippen molar-refractivity contribution in [1.29, 1.82) is 0 Å². The lowest BCUT2D eigenvalue weighted by Crippen LogP contribution is -2.10. The van der Waals surface area contributed by atoms with Gasteiger partial charge in [0.05, 0.1) is 23.9 Å². The molecule has 0 unspecified atom stereocenters. The third-order valence-electron chi connectivity index (χ3n) is 6.06. The van der Waals surface area contributed by atoms with E-state index in [0.29, 0.717) is 33.9 Å². The minimum atomic E-state index is -4.58. The number of halogens is 4. The summed E-state index contributed by atoms with van der Waals surface area (Å²) in [4.78, 5) is 12.3. The fourth-order valence-corrected chi connectivity index (χ4v) is 4.04. The number of nitrogens with zero attached hydrogens (tertiary/aromatic N) is 1. The largest absolute Gasteiger partial charge is 0.488 e. The number of hydrogen-bond donors (Lipinski definition) is 1. The minimum absolute atomic E-state index is 0.0162. The van der Waals surface area contributed by atoms with Gasteiger partial charge in [-0.25, -0.2) is 9.18 Å². The Morgan fingerprint density at radius 1 is 0.973 bits per heavy atom. The van der Waals surface area contributed by atoms with Crippen molar-refractivity contribution in [2.45, 2.75) is 26.6 Å². The van der Waals surface area contributed by atoms with Crippen LogP contribution in [0.3, 0.4) is 0 Å². The molecule has 0 fully saturated rings. The van der Waals surface area contributed by atoms with E-state index in [1.54, 1.807) is 42.7 Å². The molecule has 37 heavy (non-hydrogen) atoms. The zero-order chi connectivity index (χ0) is 26.9. The lowest BCUT2D eigenvalue weighted by molar-refractivity contribution is -0.137. The number of carbonyl (C=O) groups excluding carboxylic acids is 1. The Morgan fingerprint density at radius 3 is 2.32 bits per heavy atom. The normalized spacial score (nSPS) is 11.4. The summed E-state index contributed by atoms with van der Waals surface area (Å²) in [5, 5.41) is 0. The van der Waals surface area contributed by atoms with Crippen molar-refractivity contribution in [2.24, 2.45) is 0 Å². The Kier molecular flexibility index (Phi) is 6.98. The third-order valence-corrected chi connectivity index (χ3v) is 6.06. The highest BCUT2D eigenvalue weighted by atomic mass is 19.4. The molecule has 1 heterocycles. The van der Waals surface area contributed by atoms with E-state index in [4.69, 9.17) is 15.2 Å². The van der Waals surface area contributed by atoms with Crippen LogP contribution < -0.4 is 10.5 Å². The summed E-state index contributed by atoms with van der Waals surface area (Å²) in [6, 6.07) is 15.5. The van der Waals surface area contributed by atoms with Crippen LogP contribution in [-0.2, 0) is 17.5 Å². The predicted octanol–water partition coefficient (Wildman–Crippen LogP) is 6.87. The molecule has 192 valence electrons. The molecule has 0 aliphatic carbocycles. The highest BCUT2D eigenvalue weighted by molar-refractivity contribution is 5.93. The molecule has 0 aliphatic rings. The molecule has 0 spiro atoms. The number of esters is 1. The van der Waals surface area contributed by atoms with Crippen LogP contribution in [0.2, 0.25) is 0 Å². The molecule has 5 nitrogen and oxygen atoms in total. The molecule has 0 amide bonds. The number of nitrogen functional groups attached to an aromatic ring is 1. The maximum Gasteiger partial charge on any atom is 0.416 e. The first-order valence-corrected chi connectivity index (χ1v) is 11.3. The van der Waals surface area contributed by atoms with E-state index in [-0.39, 0.29) is 23.5 Å². The second kappa shape index (κ2) is 10.0. The molecule has 9 heteroatoms. The fraction of sp³-hybridized carbons (Fsp3) is 0.179. The molecule has 4 aromatic rings. The number of alkyl halides is 3. The van der Waals surface area contributed by atoms with Crippen molar-refractivity contribution in [1.82, 2.24) is 4.57 Å². The molecular formula is C28H24F4N2O3. The standard InChI is InChI=1S/C28H24F4N2O3/c1-16-4-10-25(34(16)21-13-22(27(35)36-3)17(2)24(33)14-21)23-12-19(28(30,31)32)7-11-26(23)37-15-18-5-8-20(29)9-6-18/h4-14H,15,33H2,1-3H3. The smallest absolute Gasteiger partial charge is 0.416 e. The van der Waals surface area contributed by atoms with E-state index in [1.165, 1.54) is 37.4 Å². The Bertz CT molecular complexity index is 1460. The minimum Gasteiger partial charge on any atom is -0.488 e. The van der Waals surface area contributed by atoms with Gasteiger partial charge in [-0.15, -0.1) is 0 Å². The number of benzene rings is 3. The zero-order valence-corrected chi connectivity index (χ0v) is 20.3. The van der Waals surface area contributed by atoms with Crippen LogP contribution in [0.15, 0.2) is 66.7 Å². The molecular weight excluding hydrogens is 488 g/mol. The second-order valence-electron chi connectivity index (χ2n) is 8.52. The highest BCUT2D eigenvalue weighted by Gasteiger charge is 2.32. The first-order valence-electron chi connectivity index (χ1n) is 11.3. The first-order chi connectivity index (χ1) is 17.5. The van der Waals surface area contributed by atoms with Crippen molar-refractivity contribution in [2.75, 3.05) is 12.8 Å². The van der Waals surface area contributed by atoms with Crippen LogP contribution >= 0.6 is 0 Å². The Labute approximate surface area is 211 Å². The lowest BCUT2D eigenvalue weighted by atomic mass is 10.0. The summed E-state index contributed by atoms with van der Waals surface area (Å²) >= 11 is 0.